The molecule has 0 aromatic heterocycles. The summed E-state index contributed by atoms with van der Waals surface area (Å²) in [7, 11) is 0. The smallest absolute Gasteiger partial charge is 0.305 e. The summed E-state index contributed by atoms with van der Waals surface area (Å²) in [5.74, 6) is -0.930. The van der Waals surface area contributed by atoms with Crippen LogP contribution in [0.1, 0.15) is 31.4 Å². The highest BCUT2D eigenvalue weighted by Gasteiger charge is 2.22. The second-order valence-corrected chi connectivity index (χ2v) is 5.98. The summed E-state index contributed by atoms with van der Waals surface area (Å²) in [6, 6.07) is 12.8. The molecule has 2 rings (SSSR count). The highest BCUT2D eigenvalue weighted by Crippen LogP contribution is 2.21. The lowest BCUT2D eigenvalue weighted by molar-refractivity contribution is -0.150. The van der Waals surface area contributed by atoms with E-state index in [1.165, 1.54) is 24.3 Å². The molecule has 2 aromatic carbocycles. The van der Waals surface area contributed by atoms with Crippen molar-refractivity contribution in [1.29, 1.82) is 0 Å². The molecule has 0 heterocycles. The molecule has 0 saturated carbocycles. The maximum atomic E-state index is 13.4. The SMILES string of the molecule is CCC(=O)OC(C)C(Cc1cccc(F)c1)Cc1cccc(F)c1. The molecule has 0 amide bonds. The Morgan fingerprint density at radius 2 is 1.50 bits per heavy atom. The van der Waals surface area contributed by atoms with Crippen LogP contribution in [0.15, 0.2) is 48.5 Å². The zero-order valence-corrected chi connectivity index (χ0v) is 14.0. The molecule has 4 heteroatoms. The Labute approximate surface area is 141 Å². The van der Waals surface area contributed by atoms with Crippen molar-refractivity contribution in [2.45, 2.75) is 39.2 Å². The summed E-state index contributed by atoms with van der Waals surface area (Å²) < 4.78 is 32.3. The molecular formula is C20H22F2O2. The van der Waals surface area contributed by atoms with Gasteiger partial charge in [0, 0.05) is 12.3 Å². The molecule has 0 fully saturated rings. The Balaban J connectivity index is 2.18. The van der Waals surface area contributed by atoms with Crippen LogP contribution >= 0.6 is 0 Å². The number of halogens is 2. The van der Waals surface area contributed by atoms with E-state index in [0.29, 0.717) is 19.3 Å². The standard InChI is InChI=1S/C20H22F2O2/c1-3-20(23)24-14(2)17(10-15-6-4-8-18(21)12-15)11-16-7-5-9-19(22)13-16/h4-9,12-14,17H,3,10-11H2,1-2H3. The van der Waals surface area contributed by atoms with E-state index in [4.69, 9.17) is 4.74 Å². The molecule has 128 valence electrons. The normalized spacial score (nSPS) is 12.2. The van der Waals surface area contributed by atoms with Crippen molar-refractivity contribution in [2.24, 2.45) is 5.92 Å². The molecule has 0 aliphatic rings. The zero-order valence-electron chi connectivity index (χ0n) is 14.0. The van der Waals surface area contributed by atoms with Gasteiger partial charge in [-0.1, -0.05) is 31.2 Å². The minimum absolute atomic E-state index is 0.0656. The first kappa shape index (κ1) is 18.1. The first-order valence-corrected chi connectivity index (χ1v) is 8.16. The lowest BCUT2D eigenvalue weighted by Gasteiger charge is -2.24. The number of hydrogen-bond acceptors (Lipinski definition) is 2. The molecule has 2 aromatic rings. The molecule has 1 atom stereocenters. The topological polar surface area (TPSA) is 26.3 Å². The van der Waals surface area contributed by atoms with Gasteiger partial charge in [-0.25, -0.2) is 8.78 Å². The third-order valence-electron chi connectivity index (χ3n) is 4.04. The zero-order chi connectivity index (χ0) is 17.5. The number of carbonyl (C=O) groups excluding carboxylic acids is 1. The van der Waals surface area contributed by atoms with E-state index in [2.05, 4.69) is 0 Å². The van der Waals surface area contributed by atoms with Crippen LogP contribution in [0.2, 0.25) is 0 Å². The highest BCUT2D eigenvalue weighted by atomic mass is 19.1. The third kappa shape index (κ3) is 5.44. The van der Waals surface area contributed by atoms with Gasteiger partial charge in [0.05, 0.1) is 0 Å². The summed E-state index contributed by atoms with van der Waals surface area (Å²) in [6.45, 7) is 3.57. The number of esters is 1. The number of ether oxygens (including phenoxy) is 1. The van der Waals surface area contributed by atoms with E-state index >= 15 is 0 Å². The number of benzene rings is 2. The van der Waals surface area contributed by atoms with Crippen LogP contribution in [0, 0.1) is 17.6 Å². The van der Waals surface area contributed by atoms with Crippen molar-refractivity contribution in [3.8, 4) is 0 Å². The maximum absolute atomic E-state index is 13.4. The van der Waals surface area contributed by atoms with Crippen molar-refractivity contribution >= 4 is 5.97 Å². The van der Waals surface area contributed by atoms with Gasteiger partial charge >= 0.3 is 5.97 Å². The monoisotopic (exact) mass is 332 g/mol. The van der Waals surface area contributed by atoms with Gasteiger partial charge < -0.3 is 4.74 Å². The van der Waals surface area contributed by atoms with Crippen LogP contribution in [-0.2, 0) is 22.4 Å². The average Bonchev–Trinajstić information content (AvgIpc) is 2.54. The number of carbonyl (C=O) groups is 1. The van der Waals surface area contributed by atoms with Crippen LogP contribution in [0.25, 0.3) is 0 Å². The number of hydrogen-bond donors (Lipinski definition) is 0. The third-order valence-corrected chi connectivity index (χ3v) is 4.04. The molecule has 0 aliphatic carbocycles. The largest absolute Gasteiger partial charge is 0.462 e. The minimum Gasteiger partial charge on any atom is -0.462 e. The summed E-state index contributed by atoms with van der Waals surface area (Å²) in [5.41, 5.74) is 1.66. The Morgan fingerprint density at radius 1 is 1.00 bits per heavy atom. The van der Waals surface area contributed by atoms with Crippen molar-refractivity contribution in [3.05, 3.63) is 71.3 Å². The fraction of sp³-hybridized carbons (Fsp3) is 0.350. The van der Waals surface area contributed by atoms with E-state index < -0.39 is 0 Å². The first-order chi connectivity index (χ1) is 11.5. The van der Waals surface area contributed by atoms with E-state index in [1.807, 2.05) is 19.1 Å². The molecular weight excluding hydrogens is 310 g/mol. The van der Waals surface area contributed by atoms with Gasteiger partial charge in [-0.05, 0) is 55.2 Å². The molecule has 0 radical (unpaired) electrons. The molecule has 1 unspecified atom stereocenters. The quantitative estimate of drug-likeness (QED) is 0.687. The molecule has 0 N–H and O–H groups in total. The molecule has 0 spiro atoms. The van der Waals surface area contributed by atoms with E-state index in [1.54, 1.807) is 19.1 Å². The first-order valence-electron chi connectivity index (χ1n) is 8.16. The molecule has 0 aliphatic heterocycles. The Bertz CT molecular complexity index is 637. The predicted molar refractivity (Wildman–Crippen MR) is 89.5 cm³/mol. The van der Waals surface area contributed by atoms with Crippen molar-refractivity contribution < 1.29 is 18.3 Å². The van der Waals surface area contributed by atoms with E-state index in [9.17, 15) is 13.6 Å². The van der Waals surface area contributed by atoms with Gasteiger partial charge in [0.2, 0.25) is 0 Å². The van der Waals surface area contributed by atoms with Crippen LogP contribution in [0.3, 0.4) is 0 Å². The molecule has 0 bridgehead atoms. The van der Waals surface area contributed by atoms with Crippen LogP contribution in [0.4, 0.5) is 8.78 Å². The summed E-state index contributed by atoms with van der Waals surface area (Å²) in [4.78, 5) is 11.6. The Morgan fingerprint density at radius 3 is 1.92 bits per heavy atom. The summed E-state index contributed by atoms with van der Waals surface area (Å²) >= 11 is 0. The van der Waals surface area contributed by atoms with Crippen LogP contribution in [-0.4, -0.2) is 12.1 Å². The van der Waals surface area contributed by atoms with Crippen molar-refractivity contribution in [1.82, 2.24) is 0 Å². The highest BCUT2D eigenvalue weighted by molar-refractivity contribution is 5.69. The van der Waals surface area contributed by atoms with E-state index in [-0.39, 0.29) is 29.6 Å². The van der Waals surface area contributed by atoms with E-state index in [0.717, 1.165) is 11.1 Å². The average molecular weight is 332 g/mol. The van der Waals surface area contributed by atoms with Crippen molar-refractivity contribution in [3.63, 3.8) is 0 Å². The van der Waals surface area contributed by atoms with Gasteiger partial charge in [-0.2, -0.15) is 0 Å². The minimum atomic E-state index is -0.344. The van der Waals surface area contributed by atoms with Crippen LogP contribution in [0.5, 0.6) is 0 Å². The summed E-state index contributed by atoms with van der Waals surface area (Å²) in [5, 5.41) is 0. The lowest BCUT2D eigenvalue weighted by Crippen LogP contribution is -2.27. The summed E-state index contributed by atoms with van der Waals surface area (Å²) in [6.07, 6.45) is 1.06. The van der Waals surface area contributed by atoms with Crippen molar-refractivity contribution in [2.75, 3.05) is 0 Å². The molecule has 24 heavy (non-hydrogen) atoms. The fourth-order valence-corrected chi connectivity index (χ4v) is 2.72. The Kier molecular flexibility index (Phi) is 6.47. The molecule has 2 nitrogen and oxygen atoms in total. The van der Waals surface area contributed by atoms with Gasteiger partial charge in [-0.15, -0.1) is 0 Å². The lowest BCUT2D eigenvalue weighted by atomic mass is 9.88. The van der Waals surface area contributed by atoms with Crippen LogP contribution < -0.4 is 0 Å². The second kappa shape index (κ2) is 8.57. The van der Waals surface area contributed by atoms with Gasteiger partial charge in [-0.3, -0.25) is 4.79 Å². The Hall–Kier alpha value is -2.23. The van der Waals surface area contributed by atoms with Gasteiger partial charge in [0.1, 0.15) is 17.7 Å². The van der Waals surface area contributed by atoms with Gasteiger partial charge in [0.15, 0.2) is 0 Å². The van der Waals surface area contributed by atoms with Gasteiger partial charge in [0.25, 0.3) is 0 Å². The molecule has 0 saturated heterocycles. The second-order valence-electron chi connectivity index (χ2n) is 5.98. The number of rotatable bonds is 7. The predicted octanol–water partition coefficient (Wildman–Crippen LogP) is 4.71. The maximum Gasteiger partial charge on any atom is 0.305 e. The fourth-order valence-electron chi connectivity index (χ4n) is 2.72.